The summed E-state index contributed by atoms with van der Waals surface area (Å²) in [7, 11) is 0. The summed E-state index contributed by atoms with van der Waals surface area (Å²) in [5.41, 5.74) is 0.911. The highest BCUT2D eigenvalue weighted by atomic mass is 35.5. The van der Waals surface area contributed by atoms with Crippen molar-refractivity contribution in [2.75, 3.05) is 5.88 Å². The summed E-state index contributed by atoms with van der Waals surface area (Å²) in [6.45, 7) is 0. The van der Waals surface area contributed by atoms with Crippen molar-refractivity contribution in [3.8, 4) is 17.6 Å². The van der Waals surface area contributed by atoms with Crippen molar-refractivity contribution in [1.29, 1.82) is 0 Å². The summed E-state index contributed by atoms with van der Waals surface area (Å²) in [5, 5.41) is 11.4. The summed E-state index contributed by atoms with van der Waals surface area (Å²) < 4.78 is 0. The molecule has 0 fully saturated rings. The van der Waals surface area contributed by atoms with E-state index in [9.17, 15) is 5.11 Å². The molecule has 0 aliphatic rings. The number of aromatic hydroxyl groups is 1. The van der Waals surface area contributed by atoms with Gasteiger partial charge < -0.3 is 5.11 Å². The van der Waals surface area contributed by atoms with Crippen molar-refractivity contribution in [1.82, 2.24) is 0 Å². The van der Waals surface area contributed by atoms with Crippen molar-refractivity contribution in [2.24, 2.45) is 0 Å². The molecule has 2 rings (SSSR count). The molecule has 0 unspecified atom stereocenters. The fourth-order valence-electron chi connectivity index (χ4n) is 1.45. The Bertz CT molecular complexity index is 549. The summed E-state index contributed by atoms with van der Waals surface area (Å²) in [5.74, 6) is 6.34. The molecule has 2 heteroatoms. The van der Waals surface area contributed by atoms with Gasteiger partial charge in [0.2, 0.25) is 0 Å². The van der Waals surface area contributed by atoms with Crippen molar-refractivity contribution in [3.05, 3.63) is 42.0 Å². The smallest absolute Gasteiger partial charge is 0.116 e. The topological polar surface area (TPSA) is 20.2 Å². The molecule has 0 saturated heterocycles. The first-order valence-corrected chi connectivity index (χ1v) is 5.11. The van der Waals surface area contributed by atoms with Gasteiger partial charge in [-0.15, -0.1) is 11.6 Å². The van der Waals surface area contributed by atoms with Crippen LogP contribution in [0.25, 0.3) is 10.8 Å². The normalized spacial score (nSPS) is 9.67. The van der Waals surface area contributed by atoms with Crippen LogP contribution in [0.1, 0.15) is 5.56 Å². The lowest BCUT2D eigenvalue weighted by Gasteiger charge is -1.99. The molecule has 0 spiro atoms. The molecule has 0 saturated carbocycles. The number of phenolic OH excluding ortho intramolecular Hbond substituents is 1. The number of phenols is 1. The lowest BCUT2D eigenvalue weighted by molar-refractivity contribution is 0.476. The molecule has 2 aromatic rings. The quantitative estimate of drug-likeness (QED) is 0.530. The van der Waals surface area contributed by atoms with Gasteiger partial charge in [-0.25, -0.2) is 0 Å². The molecule has 74 valence electrons. The molecule has 0 heterocycles. The van der Waals surface area contributed by atoms with E-state index in [-0.39, 0.29) is 5.75 Å². The van der Waals surface area contributed by atoms with E-state index in [1.54, 1.807) is 12.1 Å². The fraction of sp³-hybridized carbons (Fsp3) is 0.0769. The number of benzene rings is 2. The van der Waals surface area contributed by atoms with Crippen LogP contribution in [0.3, 0.4) is 0 Å². The van der Waals surface area contributed by atoms with Gasteiger partial charge in [-0.3, -0.25) is 0 Å². The average Bonchev–Trinajstić information content (AvgIpc) is 2.25. The molecule has 0 aromatic heterocycles. The maximum absolute atomic E-state index is 9.34. The van der Waals surface area contributed by atoms with Gasteiger partial charge in [-0.05, 0) is 35.0 Å². The SMILES string of the molecule is Oc1ccc2ccc(C#CCCl)cc2c1. The van der Waals surface area contributed by atoms with E-state index >= 15 is 0 Å². The fourth-order valence-corrected chi connectivity index (χ4v) is 1.51. The van der Waals surface area contributed by atoms with Crippen molar-refractivity contribution in [2.45, 2.75) is 0 Å². The van der Waals surface area contributed by atoms with E-state index in [0.717, 1.165) is 16.3 Å². The standard InChI is InChI=1S/C13H9ClO/c14-7-1-2-10-3-4-11-5-6-13(15)9-12(11)8-10/h3-6,8-9,15H,7H2. The summed E-state index contributed by atoms with van der Waals surface area (Å²) in [6.07, 6.45) is 0. The Labute approximate surface area is 93.3 Å². The van der Waals surface area contributed by atoms with Gasteiger partial charge in [-0.1, -0.05) is 24.0 Å². The molecule has 0 bridgehead atoms. The molecule has 1 N–H and O–H groups in total. The molecule has 0 amide bonds. The second-order valence-corrected chi connectivity index (χ2v) is 3.45. The Morgan fingerprint density at radius 2 is 1.87 bits per heavy atom. The van der Waals surface area contributed by atoms with Gasteiger partial charge in [0.25, 0.3) is 0 Å². The molecular weight excluding hydrogens is 208 g/mol. The van der Waals surface area contributed by atoms with Gasteiger partial charge in [0.1, 0.15) is 5.75 Å². The Balaban J connectivity index is 2.54. The number of rotatable bonds is 0. The Morgan fingerprint density at radius 1 is 1.07 bits per heavy atom. The van der Waals surface area contributed by atoms with Crippen molar-refractivity contribution < 1.29 is 5.11 Å². The van der Waals surface area contributed by atoms with Crippen LogP contribution < -0.4 is 0 Å². The molecular formula is C13H9ClO. The minimum Gasteiger partial charge on any atom is -0.508 e. The number of fused-ring (bicyclic) bond motifs is 1. The number of hydrogen-bond acceptors (Lipinski definition) is 1. The maximum atomic E-state index is 9.34. The predicted molar refractivity (Wildman–Crippen MR) is 63.2 cm³/mol. The number of halogens is 1. The van der Waals surface area contributed by atoms with E-state index in [1.165, 1.54) is 0 Å². The van der Waals surface area contributed by atoms with E-state index in [2.05, 4.69) is 11.8 Å². The second kappa shape index (κ2) is 4.25. The van der Waals surface area contributed by atoms with Crippen LogP contribution in [0, 0.1) is 11.8 Å². The summed E-state index contributed by atoms with van der Waals surface area (Å²) in [6, 6.07) is 11.1. The van der Waals surface area contributed by atoms with E-state index in [0.29, 0.717) is 5.88 Å². The Hall–Kier alpha value is -1.65. The van der Waals surface area contributed by atoms with Gasteiger partial charge >= 0.3 is 0 Å². The van der Waals surface area contributed by atoms with Crippen LogP contribution >= 0.6 is 11.6 Å². The monoisotopic (exact) mass is 216 g/mol. The zero-order valence-corrected chi connectivity index (χ0v) is 8.75. The predicted octanol–water partition coefficient (Wildman–Crippen LogP) is 3.14. The van der Waals surface area contributed by atoms with Crippen LogP contribution in [0.2, 0.25) is 0 Å². The van der Waals surface area contributed by atoms with Crippen LogP contribution in [-0.2, 0) is 0 Å². The summed E-state index contributed by atoms with van der Waals surface area (Å²) in [4.78, 5) is 0. The van der Waals surface area contributed by atoms with Crippen LogP contribution in [0.5, 0.6) is 5.75 Å². The first-order valence-electron chi connectivity index (χ1n) is 4.57. The van der Waals surface area contributed by atoms with Crippen molar-refractivity contribution in [3.63, 3.8) is 0 Å². The molecule has 15 heavy (non-hydrogen) atoms. The third kappa shape index (κ3) is 2.23. The number of hydrogen-bond donors (Lipinski definition) is 1. The van der Waals surface area contributed by atoms with Gasteiger partial charge in [0, 0.05) is 5.56 Å². The first kappa shape index (κ1) is 9.89. The molecule has 1 nitrogen and oxygen atoms in total. The highest BCUT2D eigenvalue weighted by Crippen LogP contribution is 2.20. The molecule has 2 aromatic carbocycles. The van der Waals surface area contributed by atoms with E-state index in [4.69, 9.17) is 11.6 Å². The van der Waals surface area contributed by atoms with Crippen molar-refractivity contribution >= 4 is 22.4 Å². The zero-order valence-electron chi connectivity index (χ0n) is 8.00. The van der Waals surface area contributed by atoms with Gasteiger partial charge in [0.15, 0.2) is 0 Å². The molecule has 0 atom stereocenters. The van der Waals surface area contributed by atoms with Gasteiger partial charge in [-0.2, -0.15) is 0 Å². The van der Waals surface area contributed by atoms with Gasteiger partial charge in [0.05, 0.1) is 5.88 Å². The minimum atomic E-state index is 0.268. The maximum Gasteiger partial charge on any atom is 0.116 e. The number of alkyl halides is 1. The molecule has 0 radical (unpaired) electrons. The van der Waals surface area contributed by atoms with E-state index in [1.807, 2.05) is 24.3 Å². The summed E-state index contributed by atoms with van der Waals surface area (Å²) >= 11 is 5.48. The minimum absolute atomic E-state index is 0.268. The third-order valence-corrected chi connectivity index (χ3v) is 2.26. The lowest BCUT2D eigenvalue weighted by atomic mass is 10.1. The second-order valence-electron chi connectivity index (χ2n) is 3.18. The van der Waals surface area contributed by atoms with Crippen LogP contribution in [0.4, 0.5) is 0 Å². The Morgan fingerprint density at radius 3 is 2.67 bits per heavy atom. The first-order chi connectivity index (χ1) is 7.29. The lowest BCUT2D eigenvalue weighted by Crippen LogP contribution is -1.77. The Kier molecular flexibility index (Phi) is 2.80. The largest absolute Gasteiger partial charge is 0.508 e. The van der Waals surface area contributed by atoms with Crippen LogP contribution in [0.15, 0.2) is 36.4 Å². The van der Waals surface area contributed by atoms with Crippen LogP contribution in [-0.4, -0.2) is 11.0 Å². The van der Waals surface area contributed by atoms with E-state index < -0.39 is 0 Å². The molecule has 0 aliphatic heterocycles. The highest BCUT2D eigenvalue weighted by Gasteiger charge is 1.95. The highest BCUT2D eigenvalue weighted by molar-refractivity contribution is 6.19. The molecule has 0 aliphatic carbocycles. The zero-order chi connectivity index (χ0) is 10.7. The third-order valence-electron chi connectivity index (χ3n) is 2.12. The average molecular weight is 217 g/mol.